The van der Waals surface area contributed by atoms with Crippen molar-refractivity contribution in [3.8, 4) is 0 Å². The summed E-state index contributed by atoms with van der Waals surface area (Å²) in [5.41, 5.74) is 1.13. The molecule has 3 heterocycles. The van der Waals surface area contributed by atoms with Crippen LogP contribution in [-0.2, 0) is 16.1 Å². The zero-order chi connectivity index (χ0) is 17.6. The highest BCUT2D eigenvalue weighted by Gasteiger charge is 2.29. The Bertz CT molecular complexity index is 687. The Morgan fingerprint density at radius 1 is 1.44 bits per heavy atom. The van der Waals surface area contributed by atoms with Crippen molar-refractivity contribution < 1.29 is 18.8 Å². The Labute approximate surface area is 146 Å². The van der Waals surface area contributed by atoms with Gasteiger partial charge in [-0.3, -0.25) is 9.78 Å². The summed E-state index contributed by atoms with van der Waals surface area (Å²) >= 11 is 0. The zero-order valence-electron chi connectivity index (χ0n) is 14.5. The molecule has 134 valence electrons. The van der Waals surface area contributed by atoms with Crippen LogP contribution >= 0.6 is 0 Å². The number of hydrogen-bond donors (Lipinski definition) is 1. The maximum atomic E-state index is 12.4. The van der Waals surface area contributed by atoms with Crippen LogP contribution in [0.25, 0.3) is 0 Å². The summed E-state index contributed by atoms with van der Waals surface area (Å²) in [6.07, 6.45) is 2.19. The van der Waals surface area contributed by atoms with Crippen LogP contribution in [0.5, 0.6) is 0 Å². The van der Waals surface area contributed by atoms with Gasteiger partial charge in [0.1, 0.15) is 11.9 Å². The Morgan fingerprint density at radius 2 is 2.32 bits per heavy atom. The number of rotatable bonds is 6. The van der Waals surface area contributed by atoms with Crippen molar-refractivity contribution in [3.05, 3.63) is 47.6 Å². The standard InChI is InChI=1S/C18H23N3O4/c1-12(2)16-9-15(21-25-16)18(22)20-14-6-8-23-11-17(14)24-10-13-5-3-4-7-19-13/h3-5,7,9,12,14,17H,6,8,10-11H2,1-2H3,(H,20,22)/t14-,17-/m1/s1. The molecule has 0 aromatic carbocycles. The van der Waals surface area contributed by atoms with Crippen LogP contribution in [0.3, 0.4) is 0 Å². The molecule has 1 saturated heterocycles. The summed E-state index contributed by atoms with van der Waals surface area (Å²) in [6.45, 7) is 5.38. The van der Waals surface area contributed by atoms with E-state index in [1.165, 1.54) is 0 Å². The summed E-state index contributed by atoms with van der Waals surface area (Å²) in [6, 6.07) is 7.23. The van der Waals surface area contributed by atoms with E-state index in [0.717, 1.165) is 5.69 Å². The molecule has 0 radical (unpaired) electrons. The molecule has 7 heteroatoms. The van der Waals surface area contributed by atoms with Gasteiger partial charge in [0.2, 0.25) is 0 Å². The molecular weight excluding hydrogens is 322 g/mol. The number of carbonyl (C=O) groups is 1. The fourth-order valence-corrected chi connectivity index (χ4v) is 2.63. The van der Waals surface area contributed by atoms with Crippen LogP contribution < -0.4 is 5.32 Å². The molecule has 1 fully saturated rings. The lowest BCUT2D eigenvalue weighted by molar-refractivity contribution is -0.0743. The number of nitrogens with one attached hydrogen (secondary N) is 1. The largest absolute Gasteiger partial charge is 0.379 e. The third-order valence-electron chi connectivity index (χ3n) is 4.12. The third kappa shape index (κ3) is 4.64. The molecule has 0 aliphatic carbocycles. The molecule has 1 aliphatic heterocycles. The fourth-order valence-electron chi connectivity index (χ4n) is 2.63. The van der Waals surface area contributed by atoms with E-state index in [-0.39, 0.29) is 24.0 Å². The SMILES string of the molecule is CC(C)c1cc(C(=O)N[C@@H]2CCOC[C@H]2OCc2ccccn2)no1. The Morgan fingerprint density at radius 3 is 3.04 bits per heavy atom. The van der Waals surface area contributed by atoms with E-state index in [0.29, 0.717) is 37.7 Å². The van der Waals surface area contributed by atoms with Gasteiger partial charge in [-0.2, -0.15) is 0 Å². The minimum absolute atomic E-state index is 0.135. The number of hydrogen-bond acceptors (Lipinski definition) is 6. The molecule has 3 rings (SSSR count). The molecule has 0 spiro atoms. The van der Waals surface area contributed by atoms with Crippen molar-refractivity contribution in [3.63, 3.8) is 0 Å². The Hall–Kier alpha value is -2.25. The van der Waals surface area contributed by atoms with Gasteiger partial charge in [-0.25, -0.2) is 0 Å². The topological polar surface area (TPSA) is 86.5 Å². The van der Waals surface area contributed by atoms with Crippen molar-refractivity contribution in [1.82, 2.24) is 15.5 Å². The van der Waals surface area contributed by atoms with Gasteiger partial charge in [0.25, 0.3) is 5.91 Å². The van der Waals surface area contributed by atoms with E-state index in [1.807, 2.05) is 32.0 Å². The lowest BCUT2D eigenvalue weighted by Crippen LogP contribution is -2.50. The molecule has 0 unspecified atom stereocenters. The first-order valence-corrected chi connectivity index (χ1v) is 8.50. The fraction of sp³-hybridized carbons (Fsp3) is 0.500. The summed E-state index contributed by atoms with van der Waals surface area (Å²) < 4.78 is 16.6. The molecule has 2 aromatic rings. The highest BCUT2D eigenvalue weighted by atomic mass is 16.5. The van der Waals surface area contributed by atoms with E-state index in [9.17, 15) is 4.79 Å². The first kappa shape index (κ1) is 17.6. The highest BCUT2D eigenvalue weighted by Crippen LogP contribution is 2.17. The van der Waals surface area contributed by atoms with Gasteiger partial charge in [-0.1, -0.05) is 25.1 Å². The summed E-state index contributed by atoms with van der Waals surface area (Å²) in [5, 5.41) is 6.84. The van der Waals surface area contributed by atoms with Crippen molar-refractivity contribution in [2.24, 2.45) is 0 Å². The van der Waals surface area contributed by atoms with Crippen LogP contribution in [0.2, 0.25) is 0 Å². The third-order valence-corrected chi connectivity index (χ3v) is 4.12. The van der Waals surface area contributed by atoms with Crippen molar-refractivity contribution in [2.75, 3.05) is 13.2 Å². The summed E-state index contributed by atoms with van der Waals surface area (Å²) in [4.78, 5) is 16.7. The van der Waals surface area contributed by atoms with E-state index in [2.05, 4.69) is 15.5 Å². The lowest BCUT2D eigenvalue weighted by atomic mass is 10.1. The normalized spacial score (nSPS) is 20.6. The molecule has 1 amide bonds. The minimum atomic E-state index is -0.256. The highest BCUT2D eigenvalue weighted by molar-refractivity contribution is 5.92. The molecule has 0 bridgehead atoms. The predicted octanol–water partition coefficient (Wildman–Crippen LogP) is 2.30. The van der Waals surface area contributed by atoms with Crippen LogP contribution in [0.1, 0.15) is 48.1 Å². The second-order valence-electron chi connectivity index (χ2n) is 6.38. The number of pyridine rings is 1. The molecular formula is C18H23N3O4. The molecule has 1 aliphatic rings. The summed E-state index contributed by atoms with van der Waals surface area (Å²) in [7, 11) is 0. The monoisotopic (exact) mass is 345 g/mol. The van der Waals surface area contributed by atoms with Gasteiger partial charge < -0.3 is 19.3 Å². The maximum Gasteiger partial charge on any atom is 0.273 e. The van der Waals surface area contributed by atoms with Crippen LogP contribution in [0.15, 0.2) is 35.0 Å². The zero-order valence-corrected chi connectivity index (χ0v) is 14.5. The van der Waals surface area contributed by atoms with Crippen LogP contribution in [0, 0.1) is 0 Å². The first-order valence-electron chi connectivity index (χ1n) is 8.50. The number of aromatic nitrogens is 2. The quantitative estimate of drug-likeness (QED) is 0.864. The minimum Gasteiger partial charge on any atom is -0.379 e. The van der Waals surface area contributed by atoms with E-state index in [4.69, 9.17) is 14.0 Å². The number of ether oxygens (including phenoxy) is 2. The van der Waals surface area contributed by atoms with Gasteiger partial charge >= 0.3 is 0 Å². The molecule has 0 saturated carbocycles. The smallest absolute Gasteiger partial charge is 0.273 e. The number of amides is 1. The van der Waals surface area contributed by atoms with Crippen molar-refractivity contribution >= 4 is 5.91 Å². The predicted molar refractivity (Wildman–Crippen MR) is 90.1 cm³/mol. The Kier molecular flexibility index (Phi) is 5.78. The van der Waals surface area contributed by atoms with Crippen molar-refractivity contribution in [1.29, 1.82) is 0 Å². The van der Waals surface area contributed by atoms with Gasteiger partial charge in [-0.05, 0) is 18.6 Å². The second-order valence-corrected chi connectivity index (χ2v) is 6.38. The molecule has 1 N–H and O–H groups in total. The van der Waals surface area contributed by atoms with E-state index < -0.39 is 0 Å². The Balaban J connectivity index is 1.59. The molecule has 2 aromatic heterocycles. The van der Waals surface area contributed by atoms with Crippen LogP contribution in [0.4, 0.5) is 0 Å². The van der Waals surface area contributed by atoms with Crippen LogP contribution in [-0.4, -0.2) is 41.4 Å². The summed E-state index contributed by atoms with van der Waals surface area (Å²) in [5.74, 6) is 0.626. The van der Waals surface area contributed by atoms with E-state index in [1.54, 1.807) is 12.3 Å². The van der Waals surface area contributed by atoms with Gasteiger partial charge in [0.15, 0.2) is 5.69 Å². The molecule has 2 atom stereocenters. The van der Waals surface area contributed by atoms with Gasteiger partial charge in [0.05, 0.1) is 24.9 Å². The average Bonchev–Trinajstić information content (AvgIpc) is 3.12. The lowest BCUT2D eigenvalue weighted by Gasteiger charge is -2.31. The van der Waals surface area contributed by atoms with E-state index >= 15 is 0 Å². The molecule has 7 nitrogen and oxygen atoms in total. The first-order chi connectivity index (χ1) is 12.1. The van der Waals surface area contributed by atoms with Gasteiger partial charge in [-0.15, -0.1) is 0 Å². The number of carbonyl (C=O) groups excluding carboxylic acids is 1. The number of nitrogens with zero attached hydrogens (tertiary/aromatic N) is 2. The molecule has 25 heavy (non-hydrogen) atoms. The van der Waals surface area contributed by atoms with Crippen molar-refractivity contribution in [2.45, 2.75) is 44.9 Å². The second kappa shape index (κ2) is 8.22. The average molecular weight is 345 g/mol. The van der Waals surface area contributed by atoms with Gasteiger partial charge in [0, 0.05) is 24.8 Å². The maximum absolute atomic E-state index is 12.4.